The Morgan fingerprint density at radius 1 is 0.913 bits per heavy atom. The van der Waals surface area contributed by atoms with Crippen LogP contribution >= 0.6 is 12.4 Å². The van der Waals surface area contributed by atoms with Crippen molar-refractivity contribution in [1.82, 2.24) is 16.0 Å². The summed E-state index contributed by atoms with van der Waals surface area (Å²) < 4.78 is 0. The summed E-state index contributed by atoms with van der Waals surface area (Å²) in [4.78, 5) is 23.1. The molecule has 23 heavy (non-hydrogen) atoms. The molecule has 5 nitrogen and oxygen atoms in total. The zero-order valence-corrected chi connectivity index (χ0v) is 15.5. The van der Waals surface area contributed by atoms with Gasteiger partial charge in [-0.05, 0) is 18.8 Å². The molecule has 1 rings (SSSR count). The molecular weight excluding hydrogens is 314 g/mol. The van der Waals surface area contributed by atoms with Crippen LogP contribution in [0, 0.1) is 5.92 Å². The molecule has 0 bridgehead atoms. The maximum atomic E-state index is 11.7. The predicted molar refractivity (Wildman–Crippen MR) is 96.8 cm³/mol. The van der Waals surface area contributed by atoms with Crippen molar-refractivity contribution in [3.05, 3.63) is 0 Å². The monoisotopic (exact) mass is 347 g/mol. The first-order valence-corrected chi connectivity index (χ1v) is 8.84. The first-order valence-electron chi connectivity index (χ1n) is 8.84. The van der Waals surface area contributed by atoms with Gasteiger partial charge in [0.15, 0.2) is 0 Å². The lowest BCUT2D eigenvalue weighted by Gasteiger charge is -2.16. The first-order chi connectivity index (χ1) is 10.6. The van der Waals surface area contributed by atoms with Crippen molar-refractivity contribution in [2.45, 2.75) is 71.3 Å². The Morgan fingerprint density at radius 3 is 2.13 bits per heavy atom. The van der Waals surface area contributed by atoms with E-state index in [-0.39, 0.29) is 24.2 Å². The summed E-state index contributed by atoms with van der Waals surface area (Å²) in [6.07, 6.45) is 8.75. The van der Waals surface area contributed by atoms with Crippen molar-refractivity contribution >= 4 is 24.2 Å². The van der Waals surface area contributed by atoms with Crippen molar-refractivity contribution < 1.29 is 9.59 Å². The number of amides is 2. The highest BCUT2D eigenvalue weighted by Gasteiger charge is 2.11. The lowest BCUT2D eigenvalue weighted by molar-refractivity contribution is -0.122. The summed E-state index contributed by atoms with van der Waals surface area (Å²) in [6.45, 7) is 5.93. The van der Waals surface area contributed by atoms with E-state index in [0.29, 0.717) is 37.9 Å². The summed E-state index contributed by atoms with van der Waals surface area (Å²) in [5, 5.41) is 9.21. The fraction of sp³-hybridized carbons (Fsp3) is 0.882. The van der Waals surface area contributed by atoms with Gasteiger partial charge in [0.1, 0.15) is 0 Å². The van der Waals surface area contributed by atoms with Crippen molar-refractivity contribution in [3.63, 3.8) is 0 Å². The maximum Gasteiger partial charge on any atom is 0.221 e. The number of nitrogens with one attached hydrogen (secondary N) is 3. The SMILES string of the molecule is CC(C)CC(=O)NCCC(=O)NCCNC1CCCCCC1.Cl. The smallest absolute Gasteiger partial charge is 0.221 e. The van der Waals surface area contributed by atoms with Gasteiger partial charge < -0.3 is 16.0 Å². The number of carbonyl (C=O) groups excluding carboxylic acids is 2. The van der Waals surface area contributed by atoms with Gasteiger partial charge in [0.25, 0.3) is 0 Å². The molecule has 0 saturated heterocycles. The maximum absolute atomic E-state index is 11.7. The summed E-state index contributed by atoms with van der Waals surface area (Å²) in [5.41, 5.74) is 0. The van der Waals surface area contributed by atoms with Gasteiger partial charge in [-0.25, -0.2) is 0 Å². The molecule has 2 amide bonds. The first kappa shape index (κ1) is 22.2. The van der Waals surface area contributed by atoms with E-state index < -0.39 is 0 Å². The molecule has 1 aliphatic carbocycles. The molecule has 0 heterocycles. The molecule has 1 aliphatic rings. The standard InChI is InChI=1S/C17H33N3O2.ClH/c1-14(2)13-17(22)19-10-9-16(21)20-12-11-18-15-7-5-3-4-6-8-15;/h14-15,18H,3-13H2,1-2H3,(H,19,22)(H,20,21);1H. The van der Waals surface area contributed by atoms with Gasteiger partial charge in [0, 0.05) is 38.5 Å². The van der Waals surface area contributed by atoms with Crippen LogP contribution < -0.4 is 16.0 Å². The van der Waals surface area contributed by atoms with Crippen LogP contribution in [0.15, 0.2) is 0 Å². The van der Waals surface area contributed by atoms with E-state index >= 15 is 0 Å². The highest BCUT2D eigenvalue weighted by molar-refractivity contribution is 5.85. The Bertz CT molecular complexity index is 330. The largest absolute Gasteiger partial charge is 0.356 e. The molecule has 0 aliphatic heterocycles. The Balaban J connectivity index is 0.00000484. The highest BCUT2D eigenvalue weighted by Crippen LogP contribution is 2.16. The van der Waals surface area contributed by atoms with Crippen molar-refractivity contribution in [2.24, 2.45) is 5.92 Å². The highest BCUT2D eigenvalue weighted by atomic mass is 35.5. The van der Waals surface area contributed by atoms with Gasteiger partial charge >= 0.3 is 0 Å². The minimum Gasteiger partial charge on any atom is -0.356 e. The number of hydrogen-bond acceptors (Lipinski definition) is 3. The molecule has 1 saturated carbocycles. The molecule has 1 fully saturated rings. The van der Waals surface area contributed by atoms with E-state index in [0.717, 1.165) is 6.54 Å². The van der Waals surface area contributed by atoms with Gasteiger partial charge in [-0.1, -0.05) is 39.5 Å². The Kier molecular flexibility index (Phi) is 13.1. The van der Waals surface area contributed by atoms with Gasteiger partial charge in [-0.2, -0.15) is 0 Å². The Hall–Kier alpha value is -0.810. The zero-order chi connectivity index (χ0) is 16.2. The number of halogens is 1. The van der Waals surface area contributed by atoms with Crippen molar-refractivity contribution in [1.29, 1.82) is 0 Å². The van der Waals surface area contributed by atoms with Crippen LogP contribution in [-0.2, 0) is 9.59 Å². The Labute approximate surface area is 147 Å². The van der Waals surface area contributed by atoms with Crippen LogP contribution in [0.5, 0.6) is 0 Å². The topological polar surface area (TPSA) is 70.2 Å². The third-order valence-electron chi connectivity index (χ3n) is 4.00. The van der Waals surface area contributed by atoms with Crippen LogP contribution in [0.4, 0.5) is 0 Å². The molecule has 0 atom stereocenters. The summed E-state index contributed by atoms with van der Waals surface area (Å²) in [6, 6.07) is 0.620. The van der Waals surface area contributed by atoms with Gasteiger partial charge in [-0.3, -0.25) is 9.59 Å². The van der Waals surface area contributed by atoms with Gasteiger partial charge in [0.05, 0.1) is 0 Å². The predicted octanol–water partition coefficient (Wildman–Crippen LogP) is 2.39. The van der Waals surface area contributed by atoms with E-state index in [4.69, 9.17) is 0 Å². The summed E-state index contributed by atoms with van der Waals surface area (Å²) >= 11 is 0. The quantitative estimate of drug-likeness (QED) is 0.443. The van der Waals surface area contributed by atoms with Gasteiger partial charge in [0.2, 0.25) is 11.8 Å². The number of hydrogen-bond donors (Lipinski definition) is 3. The number of carbonyl (C=O) groups is 2. The van der Waals surface area contributed by atoms with E-state index in [1.54, 1.807) is 0 Å². The minimum atomic E-state index is 0. The molecule has 3 N–H and O–H groups in total. The lowest BCUT2D eigenvalue weighted by atomic mass is 10.1. The second-order valence-corrected chi connectivity index (χ2v) is 6.69. The average molecular weight is 348 g/mol. The normalized spacial score (nSPS) is 15.6. The van der Waals surface area contributed by atoms with Gasteiger partial charge in [-0.15, -0.1) is 12.4 Å². The fourth-order valence-electron chi connectivity index (χ4n) is 2.81. The van der Waals surface area contributed by atoms with E-state index in [2.05, 4.69) is 16.0 Å². The van der Waals surface area contributed by atoms with Crippen molar-refractivity contribution in [3.8, 4) is 0 Å². The van der Waals surface area contributed by atoms with Crippen LogP contribution in [0.25, 0.3) is 0 Å². The summed E-state index contributed by atoms with van der Waals surface area (Å²) in [5.74, 6) is 0.384. The van der Waals surface area contributed by atoms with Crippen LogP contribution in [0.2, 0.25) is 0 Å². The molecule has 0 aromatic carbocycles. The third kappa shape index (κ3) is 12.3. The van der Waals surface area contributed by atoms with E-state index in [1.165, 1.54) is 38.5 Å². The van der Waals surface area contributed by atoms with E-state index in [9.17, 15) is 9.59 Å². The lowest BCUT2D eigenvalue weighted by Crippen LogP contribution is -2.38. The molecule has 6 heteroatoms. The minimum absolute atomic E-state index is 0. The summed E-state index contributed by atoms with van der Waals surface area (Å²) in [7, 11) is 0. The molecule has 0 aromatic rings. The Morgan fingerprint density at radius 2 is 1.52 bits per heavy atom. The average Bonchev–Trinajstić information content (AvgIpc) is 2.71. The second-order valence-electron chi connectivity index (χ2n) is 6.69. The van der Waals surface area contributed by atoms with Crippen molar-refractivity contribution in [2.75, 3.05) is 19.6 Å². The van der Waals surface area contributed by atoms with Crippen LogP contribution in [0.3, 0.4) is 0 Å². The second kappa shape index (κ2) is 13.6. The fourth-order valence-corrected chi connectivity index (χ4v) is 2.81. The van der Waals surface area contributed by atoms with Crippen LogP contribution in [0.1, 0.15) is 65.2 Å². The zero-order valence-electron chi connectivity index (χ0n) is 14.7. The third-order valence-corrected chi connectivity index (χ3v) is 4.00. The molecule has 0 aromatic heterocycles. The number of rotatable bonds is 9. The van der Waals surface area contributed by atoms with Crippen LogP contribution in [-0.4, -0.2) is 37.5 Å². The molecular formula is C17H34ClN3O2. The molecule has 0 radical (unpaired) electrons. The molecule has 0 spiro atoms. The molecule has 136 valence electrons. The van der Waals surface area contributed by atoms with E-state index in [1.807, 2.05) is 13.8 Å². The molecule has 0 unspecified atom stereocenters.